The number of anilines is 1. The first-order chi connectivity index (χ1) is 11.7. The van der Waals surface area contributed by atoms with Crippen molar-refractivity contribution in [3.8, 4) is 11.6 Å². The van der Waals surface area contributed by atoms with Crippen LogP contribution in [0, 0.1) is 12.7 Å². The molecule has 0 N–H and O–H groups in total. The molecule has 4 nitrogen and oxygen atoms in total. The van der Waals surface area contributed by atoms with Gasteiger partial charge in [-0.3, -0.25) is 0 Å². The van der Waals surface area contributed by atoms with Crippen LogP contribution in [-0.2, 0) is 6.54 Å². The Bertz CT molecular complexity index is 798. The monoisotopic (exact) mass is 420 g/mol. The fourth-order valence-corrected chi connectivity index (χ4v) is 2.78. The van der Waals surface area contributed by atoms with E-state index < -0.39 is 17.9 Å². The molecule has 134 valence electrons. The van der Waals surface area contributed by atoms with E-state index in [9.17, 15) is 17.6 Å². The molecule has 0 saturated carbocycles. The minimum Gasteiger partial charge on any atom is -0.474 e. The van der Waals surface area contributed by atoms with E-state index in [-0.39, 0.29) is 0 Å². The summed E-state index contributed by atoms with van der Waals surface area (Å²) in [6.07, 6.45) is -4.93. The summed E-state index contributed by atoms with van der Waals surface area (Å²) in [5, 5.41) is 0. The minimum atomic E-state index is -4.93. The van der Waals surface area contributed by atoms with Gasteiger partial charge in [0, 0.05) is 6.54 Å². The maximum absolute atomic E-state index is 13.9. The summed E-state index contributed by atoms with van der Waals surface area (Å²) >= 11 is 3.34. The number of aromatic nitrogens is 1. The first kappa shape index (κ1) is 17.8. The maximum atomic E-state index is 13.9. The standard InChI is InChI=1S/C16H13BrF4N2O2/c1-9-6-12-15(22-14(9)17)24-5-4-23(12)8-10-2-3-13(11(18)7-10)25-16(19,20)21/h2-3,6-7H,4-5,8H2,1H3. The second-order valence-electron chi connectivity index (χ2n) is 5.50. The lowest BCUT2D eigenvalue weighted by atomic mass is 10.1. The van der Waals surface area contributed by atoms with Crippen LogP contribution in [0.5, 0.6) is 11.6 Å². The Morgan fingerprint density at radius 1 is 1.32 bits per heavy atom. The normalized spacial score (nSPS) is 14.1. The highest BCUT2D eigenvalue weighted by Crippen LogP contribution is 2.34. The van der Waals surface area contributed by atoms with E-state index in [4.69, 9.17) is 4.74 Å². The summed E-state index contributed by atoms with van der Waals surface area (Å²) in [6, 6.07) is 5.31. The average molecular weight is 421 g/mol. The molecule has 0 spiro atoms. The lowest BCUT2D eigenvalue weighted by Gasteiger charge is -2.31. The summed E-state index contributed by atoms with van der Waals surface area (Å²) in [5.41, 5.74) is 2.18. The number of halogens is 5. The number of ether oxygens (including phenoxy) is 2. The minimum absolute atomic E-state index is 0.308. The van der Waals surface area contributed by atoms with Crippen LogP contribution in [0.1, 0.15) is 11.1 Å². The fraction of sp³-hybridized carbons (Fsp3) is 0.312. The Balaban J connectivity index is 1.82. The molecule has 9 heteroatoms. The van der Waals surface area contributed by atoms with E-state index in [2.05, 4.69) is 25.7 Å². The third-order valence-corrected chi connectivity index (χ3v) is 4.44. The van der Waals surface area contributed by atoms with Crippen molar-refractivity contribution in [2.75, 3.05) is 18.1 Å². The molecule has 0 saturated heterocycles. The van der Waals surface area contributed by atoms with Gasteiger partial charge in [-0.05, 0) is 52.2 Å². The van der Waals surface area contributed by atoms with Crippen LogP contribution in [0.4, 0.5) is 23.2 Å². The highest BCUT2D eigenvalue weighted by Gasteiger charge is 2.32. The average Bonchev–Trinajstić information content (AvgIpc) is 2.51. The second kappa shape index (κ2) is 6.70. The second-order valence-corrected chi connectivity index (χ2v) is 6.25. The van der Waals surface area contributed by atoms with Crippen molar-refractivity contribution in [1.82, 2.24) is 4.98 Å². The van der Waals surface area contributed by atoms with Crippen molar-refractivity contribution in [2.24, 2.45) is 0 Å². The number of alkyl halides is 3. The highest BCUT2D eigenvalue weighted by molar-refractivity contribution is 9.10. The summed E-state index contributed by atoms with van der Waals surface area (Å²) < 4.78 is 60.3. The van der Waals surface area contributed by atoms with Gasteiger partial charge < -0.3 is 14.4 Å². The largest absolute Gasteiger partial charge is 0.573 e. The lowest BCUT2D eigenvalue weighted by Crippen LogP contribution is -2.32. The number of rotatable bonds is 3. The van der Waals surface area contributed by atoms with E-state index >= 15 is 0 Å². The molecule has 3 rings (SSSR count). The van der Waals surface area contributed by atoms with Gasteiger partial charge in [-0.25, -0.2) is 9.37 Å². The molecular weight excluding hydrogens is 408 g/mol. The first-order valence-corrected chi connectivity index (χ1v) is 8.11. The molecule has 1 aliphatic heterocycles. The third-order valence-electron chi connectivity index (χ3n) is 3.63. The van der Waals surface area contributed by atoms with Gasteiger partial charge in [0.05, 0.1) is 6.54 Å². The maximum Gasteiger partial charge on any atom is 0.573 e. The molecule has 2 heterocycles. The molecule has 0 radical (unpaired) electrons. The number of fused-ring (bicyclic) bond motifs is 1. The SMILES string of the molecule is Cc1cc2c(nc1Br)OCCN2Cc1ccc(OC(F)(F)F)c(F)c1. The fourth-order valence-electron chi connectivity index (χ4n) is 2.50. The Morgan fingerprint density at radius 2 is 2.08 bits per heavy atom. The number of hydrogen-bond donors (Lipinski definition) is 0. The van der Waals surface area contributed by atoms with Gasteiger partial charge in [0.2, 0.25) is 5.88 Å². The Kier molecular flexibility index (Phi) is 4.77. The van der Waals surface area contributed by atoms with Gasteiger partial charge in [0.15, 0.2) is 11.6 Å². The van der Waals surface area contributed by atoms with E-state index in [0.29, 0.717) is 35.7 Å². The predicted molar refractivity (Wildman–Crippen MR) is 86.3 cm³/mol. The van der Waals surface area contributed by atoms with E-state index in [1.165, 1.54) is 6.07 Å². The van der Waals surface area contributed by atoms with E-state index in [0.717, 1.165) is 23.4 Å². The van der Waals surface area contributed by atoms with E-state index in [1.807, 2.05) is 17.9 Å². The van der Waals surface area contributed by atoms with Crippen LogP contribution in [0.2, 0.25) is 0 Å². The molecule has 1 aromatic carbocycles. The van der Waals surface area contributed by atoms with Crippen molar-refractivity contribution in [3.63, 3.8) is 0 Å². The number of aryl methyl sites for hydroxylation is 1. The molecule has 0 bridgehead atoms. The molecule has 25 heavy (non-hydrogen) atoms. The quantitative estimate of drug-likeness (QED) is 0.537. The lowest BCUT2D eigenvalue weighted by molar-refractivity contribution is -0.275. The molecule has 0 amide bonds. The molecule has 0 unspecified atom stereocenters. The van der Waals surface area contributed by atoms with Gasteiger partial charge in [-0.1, -0.05) is 6.07 Å². The van der Waals surface area contributed by atoms with Crippen molar-refractivity contribution in [1.29, 1.82) is 0 Å². The highest BCUT2D eigenvalue weighted by atomic mass is 79.9. The van der Waals surface area contributed by atoms with Gasteiger partial charge >= 0.3 is 6.36 Å². The van der Waals surface area contributed by atoms with Crippen molar-refractivity contribution in [3.05, 3.63) is 45.8 Å². The molecule has 0 fully saturated rings. The van der Waals surface area contributed by atoms with Crippen LogP contribution in [-0.4, -0.2) is 24.5 Å². The van der Waals surface area contributed by atoms with E-state index in [1.54, 1.807) is 0 Å². The van der Waals surface area contributed by atoms with Gasteiger partial charge in [0.25, 0.3) is 0 Å². The zero-order valence-electron chi connectivity index (χ0n) is 13.0. The first-order valence-electron chi connectivity index (χ1n) is 7.32. The predicted octanol–water partition coefficient (Wildman–Crippen LogP) is 4.59. The summed E-state index contributed by atoms with van der Waals surface area (Å²) in [4.78, 5) is 6.25. The molecular formula is C16H13BrF4N2O2. The molecule has 1 aromatic heterocycles. The Labute approximate surface area is 149 Å². The summed E-state index contributed by atoms with van der Waals surface area (Å²) in [7, 11) is 0. The summed E-state index contributed by atoms with van der Waals surface area (Å²) in [6.45, 7) is 3.15. The van der Waals surface area contributed by atoms with Crippen LogP contribution in [0.3, 0.4) is 0 Å². The van der Waals surface area contributed by atoms with Crippen molar-refractivity contribution < 1.29 is 27.0 Å². The third kappa shape index (κ3) is 4.15. The Morgan fingerprint density at radius 3 is 2.76 bits per heavy atom. The number of hydrogen-bond acceptors (Lipinski definition) is 4. The Hall–Kier alpha value is -2.03. The molecule has 0 aliphatic carbocycles. The number of nitrogens with zero attached hydrogens (tertiary/aromatic N) is 2. The van der Waals surface area contributed by atoms with Crippen LogP contribution < -0.4 is 14.4 Å². The van der Waals surface area contributed by atoms with Gasteiger partial charge in [0.1, 0.15) is 16.9 Å². The van der Waals surface area contributed by atoms with Gasteiger partial charge in [-0.2, -0.15) is 0 Å². The van der Waals surface area contributed by atoms with Crippen LogP contribution in [0.15, 0.2) is 28.9 Å². The number of pyridine rings is 1. The van der Waals surface area contributed by atoms with Gasteiger partial charge in [-0.15, -0.1) is 13.2 Å². The van der Waals surface area contributed by atoms with Crippen LogP contribution >= 0.6 is 15.9 Å². The molecule has 0 atom stereocenters. The molecule has 2 aromatic rings. The van der Waals surface area contributed by atoms with Crippen molar-refractivity contribution in [2.45, 2.75) is 19.8 Å². The molecule has 1 aliphatic rings. The zero-order chi connectivity index (χ0) is 18.2. The van der Waals surface area contributed by atoms with Crippen molar-refractivity contribution >= 4 is 21.6 Å². The zero-order valence-corrected chi connectivity index (χ0v) is 14.6. The summed E-state index contributed by atoms with van der Waals surface area (Å²) in [5.74, 6) is -1.45. The topological polar surface area (TPSA) is 34.6 Å². The smallest absolute Gasteiger partial charge is 0.474 e. The van der Waals surface area contributed by atoms with Crippen LogP contribution in [0.25, 0.3) is 0 Å². The number of benzene rings is 1.